The van der Waals surface area contributed by atoms with Crippen LogP contribution in [0.3, 0.4) is 0 Å². The molecule has 2 aromatic rings. The summed E-state index contributed by atoms with van der Waals surface area (Å²) in [6, 6.07) is 0. The number of nitrogens with two attached hydrogens (primary N) is 1. The smallest absolute Gasteiger partial charge is 0.393 e. The molecule has 1 aliphatic heterocycles. The van der Waals surface area contributed by atoms with Crippen LogP contribution in [0.4, 0.5) is 10.2 Å². The Morgan fingerprint density at radius 1 is 1.07 bits per heavy atom. The van der Waals surface area contributed by atoms with Gasteiger partial charge in [-0.3, -0.25) is 13.6 Å². The van der Waals surface area contributed by atoms with Gasteiger partial charge in [-0.05, 0) is 0 Å². The standard InChI is InChI=1S/C18H30FN5O15P2/c1-6(7(19)2-25)10(26)12(28)14(30)18(31)38-41(34,35)39-40(32,33)36-3-8-11(27)13(29)17(37-8)24-5-23-9-15(20)21-4-22-16(9)24/h4-8,10-14,17-18,25-31H,2-3H2,1H3,(H,32,33)(H,34,35)(H2,20,21,22)/t6?,7-,8?,10?,11?,12?,13?,14?,17?,18?/m0/s1. The van der Waals surface area contributed by atoms with Crippen LogP contribution in [-0.2, 0) is 27.2 Å². The number of nitrogen functional groups attached to an aromatic ring is 1. The topological polar surface area (TPSA) is 323 Å². The van der Waals surface area contributed by atoms with Crippen LogP contribution in [-0.4, -0.2) is 127 Å². The van der Waals surface area contributed by atoms with Crippen LogP contribution in [0, 0.1) is 5.92 Å². The van der Waals surface area contributed by atoms with Gasteiger partial charge in [-0.1, -0.05) is 6.92 Å². The van der Waals surface area contributed by atoms with E-state index in [1.54, 1.807) is 0 Å². The van der Waals surface area contributed by atoms with Crippen molar-refractivity contribution >= 4 is 32.6 Å². The van der Waals surface area contributed by atoms with E-state index in [1.807, 2.05) is 0 Å². The highest BCUT2D eigenvalue weighted by atomic mass is 31.3. The van der Waals surface area contributed by atoms with Gasteiger partial charge in [0, 0.05) is 5.92 Å². The van der Waals surface area contributed by atoms with Gasteiger partial charge in [0.2, 0.25) is 0 Å². The Balaban J connectivity index is 1.58. The first-order chi connectivity index (χ1) is 19.0. The maximum atomic E-state index is 13.5. The van der Waals surface area contributed by atoms with Crippen molar-refractivity contribution in [3.05, 3.63) is 12.7 Å². The molecular weight excluding hydrogens is 607 g/mol. The molecule has 0 aliphatic carbocycles. The zero-order valence-electron chi connectivity index (χ0n) is 21.0. The van der Waals surface area contributed by atoms with Crippen LogP contribution in [0.1, 0.15) is 13.2 Å². The summed E-state index contributed by atoms with van der Waals surface area (Å²) in [7, 11) is -11.3. The third-order valence-electron chi connectivity index (χ3n) is 6.12. The second-order valence-corrected chi connectivity index (χ2v) is 12.0. The summed E-state index contributed by atoms with van der Waals surface area (Å²) in [5, 5.41) is 69.0. The molecule has 12 atom stereocenters. The molecule has 0 amide bonds. The fourth-order valence-corrected chi connectivity index (χ4v) is 5.87. The minimum Gasteiger partial charge on any atom is -0.393 e. The number of aliphatic hydroxyl groups is 7. The molecule has 1 aliphatic rings. The second-order valence-electron chi connectivity index (χ2n) is 8.97. The van der Waals surface area contributed by atoms with Crippen LogP contribution >= 0.6 is 15.6 Å². The van der Waals surface area contributed by atoms with E-state index in [0.717, 1.165) is 13.3 Å². The molecule has 11 unspecified atom stereocenters. The van der Waals surface area contributed by atoms with Crippen molar-refractivity contribution < 1.29 is 77.1 Å². The van der Waals surface area contributed by atoms with Crippen LogP contribution in [0.15, 0.2) is 12.7 Å². The molecule has 234 valence electrons. The number of alkyl halides is 1. The highest BCUT2D eigenvalue weighted by Gasteiger charge is 2.47. The lowest BCUT2D eigenvalue weighted by atomic mass is 9.92. The van der Waals surface area contributed by atoms with Crippen molar-refractivity contribution in [1.82, 2.24) is 19.5 Å². The molecule has 0 spiro atoms. The number of imidazole rings is 1. The molecule has 3 heterocycles. The van der Waals surface area contributed by atoms with E-state index in [9.17, 15) is 53.9 Å². The Labute approximate surface area is 229 Å². The average Bonchev–Trinajstić information content (AvgIpc) is 3.45. The summed E-state index contributed by atoms with van der Waals surface area (Å²) in [4.78, 5) is 31.3. The van der Waals surface area contributed by atoms with Crippen LogP contribution in [0.25, 0.3) is 11.2 Å². The molecule has 11 N–H and O–H groups in total. The summed E-state index contributed by atoms with van der Waals surface area (Å²) in [5.41, 5.74) is 5.98. The molecule has 2 aromatic heterocycles. The molecule has 20 nitrogen and oxygen atoms in total. The number of aliphatic hydroxyl groups excluding tert-OH is 7. The van der Waals surface area contributed by atoms with Gasteiger partial charge < -0.3 is 56.0 Å². The molecule has 23 heteroatoms. The molecule has 1 fully saturated rings. The summed E-state index contributed by atoms with van der Waals surface area (Å²) >= 11 is 0. The van der Waals surface area contributed by atoms with E-state index >= 15 is 0 Å². The number of halogens is 1. The largest absolute Gasteiger partial charge is 0.483 e. The minimum absolute atomic E-state index is 0.0173. The van der Waals surface area contributed by atoms with Gasteiger partial charge >= 0.3 is 15.6 Å². The fourth-order valence-electron chi connectivity index (χ4n) is 3.75. The predicted octanol–water partition coefficient (Wildman–Crippen LogP) is -3.35. The first-order valence-corrected chi connectivity index (χ1v) is 14.6. The number of anilines is 1. The highest BCUT2D eigenvalue weighted by molar-refractivity contribution is 7.61. The molecule has 0 radical (unpaired) electrons. The number of nitrogens with zero attached hydrogens (tertiary/aromatic N) is 4. The number of hydrogen-bond donors (Lipinski definition) is 10. The highest BCUT2D eigenvalue weighted by Crippen LogP contribution is 2.61. The van der Waals surface area contributed by atoms with E-state index < -0.39 is 90.1 Å². The van der Waals surface area contributed by atoms with Gasteiger partial charge in [-0.15, -0.1) is 0 Å². The van der Waals surface area contributed by atoms with Crippen molar-refractivity contribution in [3.8, 4) is 0 Å². The lowest BCUT2D eigenvalue weighted by Gasteiger charge is -2.30. The Morgan fingerprint density at radius 3 is 2.37 bits per heavy atom. The minimum atomic E-state index is -5.76. The van der Waals surface area contributed by atoms with E-state index in [-0.39, 0.29) is 17.0 Å². The first kappa shape index (κ1) is 33.7. The van der Waals surface area contributed by atoms with E-state index in [1.165, 1.54) is 10.9 Å². The van der Waals surface area contributed by atoms with Crippen molar-refractivity contribution in [2.75, 3.05) is 18.9 Å². The quantitative estimate of drug-likeness (QED) is 0.0714. The predicted molar refractivity (Wildman–Crippen MR) is 129 cm³/mol. The Bertz CT molecular complexity index is 1280. The Kier molecular flexibility index (Phi) is 10.9. The van der Waals surface area contributed by atoms with E-state index in [2.05, 4.69) is 28.3 Å². The number of fused-ring (bicyclic) bond motifs is 1. The third-order valence-corrected chi connectivity index (χ3v) is 8.73. The number of phosphoric acid groups is 2. The van der Waals surface area contributed by atoms with E-state index in [0.29, 0.717) is 0 Å². The molecule has 0 aromatic carbocycles. The number of phosphoric ester groups is 2. The van der Waals surface area contributed by atoms with E-state index in [4.69, 9.17) is 15.6 Å². The summed E-state index contributed by atoms with van der Waals surface area (Å²) in [5.74, 6) is -1.45. The molecule has 1 saturated heterocycles. The first-order valence-electron chi connectivity index (χ1n) is 11.6. The maximum absolute atomic E-state index is 13.5. The fraction of sp³-hybridized carbons (Fsp3) is 0.722. The molecule has 3 rings (SSSR count). The summed E-state index contributed by atoms with van der Waals surface area (Å²) < 4.78 is 57.2. The lowest BCUT2D eigenvalue weighted by molar-refractivity contribution is -0.179. The Morgan fingerprint density at radius 2 is 1.73 bits per heavy atom. The number of aromatic nitrogens is 4. The normalized spacial score (nSPS) is 28.9. The SMILES string of the molecule is CC(C(O)C(O)C(O)C(O)OP(=O)(O)OP(=O)(O)OCC1OC(n2cnc3c(N)ncnc32)C(O)C1O)[C@@H](F)CO. The lowest BCUT2D eigenvalue weighted by Crippen LogP contribution is -2.49. The summed E-state index contributed by atoms with van der Waals surface area (Å²) in [6.07, 6.45) is -15.8. The Hall–Kier alpha value is -1.78. The third kappa shape index (κ3) is 7.79. The summed E-state index contributed by atoms with van der Waals surface area (Å²) in [6.45, 7) is -1.00. The number of rotatable bonds is 14. The van der Waals surface area contributed by atoms with Crippen LogP contribution in [0.5, 0.6) is 0 Å². The number of ether oxygens (including phenoxy) is 1. The van der Waals surface area contributed by atoms with Crippen LogP contribution < -0.4 is 5.73 Å². The zero-order chi connectivity index (χ0) is 30.9. The second kappa shape index (κ2) is 13.2. The van der Waals surface area contributed by atoms with Crippen molar-refractivity contribution in [3.63, 3.8) is 0 Å². The molecule has 0 bridgehead atoms. The maximum Gasteiger partial charge on any atom is 0.483 e. The van der Waals surface area contributed by atoms with Gasteiger partial charge in [-0.2, -0.15) is 4.31 Å². The molecule has 0 saturated carbocycles. The van der Waals surface area contributed by atoms with Gasteiger partial charge in [0.25, 0.3) is 0 Å². The van der Waals surface area contributed by atoms with Crippen molar-refractivity contribution in [2.24, 2.45) is 5.92 Å². The molecular formula is C18H30FN5O15P2. The number of hydrogen-bond acceptors (Lipinski definition) is 17. The zero-order valence-corrected chi connectivity index (χ0v) is 22.7. The van der Waals surface area contributed by atoms with Crippen molar-refractivity contribution in [1.29, 1.82) is 0 Å². The van der Waals surface area contributed by atoms with Gasteiger partial charge in [0.15, 0.2) is 24.0 Å². The van der Waals surface area contributed by atoms with Crippen molar-refractivity contribution in [2.45, 2.75) is 62.2 Å². The average molecular weight is 637 g/mol. The molecule has 41 heavy (non-hydrogen) atoms. The monoisotopic (exact) mass is 637 g/mol. The van der Waals surface area contributed by atoms with Gasteiger partial charge in [0.05, 0.1) is 25.6 Å². The van der Waals surface area contributed by atoms with Crippen LogP contribution in [0.2, 0.25) is 0 Å². The van der Waals surface area contributed by atoms with Gasteiger partial charge in [-0.25, -0.2) is 28.5 Å². The van der Waals surface area contributed by atoms with Gasteiger partial charge in [0.1, 0.15) is 48.5 Å².